The summed E-state index contributed by atoms with van der Waals surface area (Å²) in [6.45, 7) is 10.5. The molecule has 2 heterocycles. The van der Waals surface area contributed by atoms with Crippen LogP contribution in [0.3, 0.4) is 0 Å². The first-order chi connectivity index (χ1) is 13.5. The highest BCUT2D eigenvalue weighted by Crippen LogP contribution is 2.24. The molecule has 0 aliphatic carbocycles. The summed E-state index contributed by atoms with van der Waals surface area (Å²) in [5, 5.41) is 6.73. The zero-order chi connectivity index (χ0) is 20.4. The zero-order valence-corrected chi connectivity index (χ0v) is 20.3. The molecule has 0 bridgehead atoms. The van der Waals surface area contributed by atoms with Crippen LogP contribution in [0, 0.1) is 11.8 Å². The second-order valence-corrected chi connectivity index (χ2v) is 7.81. The molecule has 0 radical (unpaired) electrons. The summed E-state index contributed by atoms with van der Waals surface area (Å²) in [4.78, 5) is 23.0. The molecule has 1 aliphatic rings. The van der Waals surface area contributed by atoms with Crippen LogP contribution < -0.4 is 21.3 Å². The molecule has 4 N–H and O–H groups in total. The van der Waals surface area contributed by atoms with Gasteiger partial charge in [-0.2, -0.15) is 0 Å². The third kappa shape index (κ3) is 8.76. The highest BCUT2D eigenvalue weighted by atomic mass is 127. The first kappa shape index (κ1) is 25.5. The van der Waals surface area contributed by atoms with Crippen molar-refractivity contribution < 1.29 is 4.79 Å². The molecule has 0 aromatic carbocycles. The Morgan fingerprint density at radius 2 is 2.07 bits per heavy atom. The molecule has 7 nitrogen and oxygen atoms in total. The molecule has 1 amide bonds. The molecule has 0 atom stereocenters. The number of guanidine groups is 1. The van der Waals surface area contributed by atoms with E-state index in [-0.39, 0.29) is 35.8 Å². The Hall–Kier alpha value is -1.58. The van der Waals surface area contributed by atoms with Crippen molar-refractivity contribution in [3.8, 4) is 0 Å². The van der Waals surface area contributed by atoms with Gasteiger partial charge in [-0.15, -0.1) is 24.0 Å². The van der Waals surface area contributed by atoms with E-state index in [1.165, 1.54) is 6.42 Å². The third-order valence-electron chi connectivity index (χ3n) is 5.07. The van der Waals surface area contributed by atoms with Crippen LogP contribution in [0.4, 0.5) is 5.82 Å². The van der Waals surface area contributed by atoms with Crippen LogP contribution in [0.5, 0.6) is 0 Å². The van der Waals surface area contributed by atoms with Crippen molar-refractivity contribution in [3.05, 3.63) is 23.9 Å². The van der Waals surface area contributed by atoms with E-state index >= 15 is 0 Å². The molecular formula is C21H37IN6O. The van der Waals surface area contributed by atoms with Gasteiger partial charge in [0.25, 0.3) is 0 Å². The maximum atomic E-state index is 11.4. The molecule has 0 unspecified atom stereocenters. The van der Waals surface area contributed by atoms with Gasteiger partial charge in [-0.05, 0) is 44.6 Å². The summed E-state index contributed by atoms with van der Waals surface area (Å²) >= 11 is 0. The lowest BCUT2D eigenvalue weighted by atomic mass is 9.96. The van der Waals surface area contributed by atoms with Crippen molar-refractivity contribution in [2.45, 2.75) is 53.0 Å². The lowest BCUT2D eigenvalue weighted by Crippen LogP contribution is -2.39. The van der Waals surface area contributed by atoms with E-state index in [4.69, 9.17) is 10.7 Å². The number of aromatic nitrogens is 1. The molecule has 164 valence electrons. The maximum Gasteiger partial charge on any atom is 0.220 e. The number of nitrogens with one attached hydrogen (secondary N) is 2. The average molecular weight is 516 g/mol. The molecule has 1 aromatic rings. The van der Waals surface area contributed by atoms with Gasteiger partial charge in [0.15, 0.2) is 5.96 Å². The fourth-order valence-electron chi connectivity index (χ4n) is 3.44. The van der Waals surface area contributed by atoms with Crippen molar-refractivity contribution in [1.82, 2.24) is 15.6 Å². The van der Waals surface area contributed by atoms with Gasteiger partial charge in [-0.3, -0.25) is 4.79 Å². The summed E-state index contributed by atoms with van der Waals surface area (Å²) in [7, 11) is 0. The van der Waals surface area contributed by atoms with Crippen molar-refractivity contribution in [3.63, 3.8) is 0 Å². The molecule has 1 aliphatic heterocycles. The predicted molar refractivity (Wildman–Crippen MR) is 131 cm³/mol. The topological polar surface area (TPSA) is 95.6 Å². The Morgan fingerprint density at radius 3 is 2.69 bits per heavy atom. The number of piperidine rings is 1. The van der Waals surface area contributed by atoms with Gasteiger partial charge in [-0.25, -0.2) is 9.98 Å². The molecule has 2 rings (SSSR count). The van der Waals surface area contributed by atoms with Gasteiger partial charge in [0.2, 0.25) is 5.91 Å². The Morgan fingerprint density at radius 1 is 1.34 bits per heavy atom. The minimum atomic E-state index is -0.190. The van der Waals surface area contributed by atoms with E-state index in [9.17, 15) is 4.79 Å². The van der Waals surface area contributed by atoms with Crippen molar-refractivity contribution in [2.75, 3.05) is 31.1 Å². The zero-order valence-electron chi connectivity index (χ0n) is 18.0. The first-order valence-corrected chi connectivity index (χ1v) is 10.5. The number of amides is 1. The van der Waals surface area contributed by atoms with Crippen LogP contribution >= 0.6 is 24.0 Å². The number of pyridine rings is 1. The highest BCUT2D eigenvalue weighted by Gasteiger charge is 2.24. The van der Waals surface area contributed by atoms with E-state index in [2.05, 4.69) is 47.4 Å². The van der Waals surface area contributed by atoms with Crippen LogP contribution in [0.1, 0.15) is 52.0 Å². The van der Waals surface area contributed by atoms with Crippen LogP contribution in [-0.4, -0.2) is 43.0 Å². The van der Waals surface area contributed by atoms with E-state index in [0.29, 0.717) is 6.54 Å². The average Bonchev–Trinajstić information content (AvgIpc) is 2.69. The van der Waals surface area contributed by atoms with Gasteiger partial charge < -0.3 is 21.3 Å². The number of hydrogen-bond acceptors (Lipinski definition) is 4. The number of halogens is 1. The summed E-state index contributed by atoms with van der Waals surface area (Å²) < 4.78 is 0. The fraction of sp³-hybridized carbons (Fsp3) is 0.667. The molecule has 1 fully saturated rings. The molecule has 1 saturated heterocycles. The van der Waals surface area contributed by atoms with Gasteiger partial charge in [0.05, 0.1) is 6.54 Å². The van der Waals surface area contributed by atoms with Gasteiger partial charge in [-0.1, -0.05) is 19.9 Å². The van der Waals surface area contributed by atoms with Crippen LogP contribution in [-0.2, 0) is 11.3 Å². The minimum Gasteiger partial charge on any atom is -0.369 e. The molecule has 29 heavy (non-hydrogen) atoms. The summed E-state index contributed by atoms with van der Waals surface area (Å²) in [5.74, 6) is 2.32. The standard InChI is InChI=1S/C21H36N6O.HI/c1-4-23-21(25-12-5-7-16(2)3)26-15-18-8-6-11-24-20(18)27-13-9-17(10-14-27)19(22)28;/h6,8,11,16-17H,4-5,7,9-10,12-15H2,1-3H3,(H2,22,28)(H2,23,25,26);1H. The molecule has 8 heteroatoms. The number of carbonyl (C=O) groups is 1. The van der Waals surface area contributed by atoms with Crippen LogP contribution in [0.2, 0.25) is 0 Å². The fourth-order valence-corrected chi connectivity index (χ4v) is 3.44. The maximum absolute atomic E-state index is 11.4. The van der Waals surface area contributed by atoms with E-state index in [1.54, 1.807) is 0 Å². The molecule has 0 saturated carbocycles. The van der Waals surface area contributed by atoms with Gasteiger partial charge >= 0.3 is 0 Å². The van der Waals surface area contributed by atoms with Crippen LogP contribution in [0.15, 0.2) is 23.3 Å². The number of anilines is 1. The number of nitrogens with zero attached hydrogens (tertiary/aromatic N) is 3. The number of carbonyl (C=O) groups excluding carboxylic acids is 1. The second-order valence-electron chi connectivity index (χ2n) is 7.81. The number of hydrogen-bond donors (Lipinski definition) is 3. The van der Waals surface area contributed by atoms with Crippen LogP contribution in [0.25, 0.3) is 0 Å². The molecule has 0 spiro atoms. The lowest BCUT2D eigenvalue weighted by molar-refractivity contribution is -0.122. The quantitative estimate of drug-likeness (QED) is 0.203. The SMILES string of the molecule is CCNC(=NCc1cccnc1N1CCC(C(N)=O)CC1)NCCCC(C)C.I. The normalized spacial score (nSPS) is 15.2. The predicted octanol–water partition coefficient (Wildman–Crippen LogP) is 2.89. The largest absolute Gasteiger partial charge is 0.369 e. The third-order valence-corrected chi connectivity index (χ3v) is 5.07. The van der Waals surface area contributed by atoms with E-state index < -0.39 is 0 Å². The number of primary amides is 1. The Balaban J connectivity index is 0.00000420. The second kappa shape index (κ2) is 13.6. The molecule has 1 aromatic heterocycles. The molecular weight excluding hydrogens is 479 g/mol. The minimum absolute atomic E-state index is 0. The smallest absolute Gasteiger partial charge is 0.220 e. The number of aliphatic imine (C=N–C) groups is 1. The van der Waals surface area contributed by atoms with Gasteiger partial charge in [0.1, 0.15) is 5.82 Å². The lowest BCUT2D eigenvalue weighted by Gasteiger charge is -2.32. The monoisotopic (exact) mass is 516 g/mol. The van der Waals surface area contributed by atoms with Crippen molar-refractivity contribution in [2.24, 2.45) is 22.6 Å². The van der Waals surface area contributed by atoms with E-state index in [1.807, 2.05) is 12.3 Å². The first-order valence-electron chi connectivity index (χ1n) is 10.5. The number of nitrogens with two attached hydrogens (primary N) is 1. The summed E-state index contributed by atoms with van der Waals surface area (Å²) in [6, 6.07) is 4.03. The van der Waals surface area contributed by atoms with Crippen molar-refractivity contribution in [1.29, 1.82) is 0 Å². The van der Waals surface area contributed by atoms with Gasteiger partial charge in [0, 0.05) is 43.9 Å². The Kier molecular flexibility index (Phi) is 11.9. The summed E-state index contributed by atoms with van der Waals surface area (Å²) in [5.41, 5.74) is 6.55. The highest BCUT2D eigenvalue weighted by molar-refractivity contribution is 14.0. The Labute approximate surface area is 192 Å². The van der Waals surface area contributed by atoms with E-state index in [0.717, 1.165) is 68.7 Å². The Bertz CT molecular complexity index is 644. The summed E-state index contributed by atoms with van der Waals surface area (Å²) in [6.07, 6.45) is 5.73. The van der Waals surface area contributed by atoms with Crippen molar-refractivity contribution >= 4 is 41.7 Å². The number of rotatable bonds is 9.